The predicted octanol–water partition coefficient (Wildman–Crippen LogP) is 3.71. The summed E-state index contributed by atoms with van der Waals surface area (Å²) in [5.41, 5.74) is 0.688. The molecule has 0 N–H and O–H groups in total. The molecule has 0 aromatic heterocycles. The van der Waals surface area contributed by atoms with Gasteiger partial charge in [0.15, 0.2) is 0 Å². The van der Waals surface area contributed by atoms with E-state index in [4.69, 9.17) is 0 Å². The Morgan fingerprint density at radius 3 is 2.33 bits per heavy atom. The third-order valence-electron chi connectivity index (χ3n) is 4.92. The first-order chi connectivity index (χ1) is 5.57. The summed E-state index contributed by atoms with van der Waals surface area (Å²) in [6.45, 7) is 9.80. The summed E-state index contributed by atoms with van der Waals surface area (Å²) in [4.78, 5) is 0. The van der Waals surface area contributed by atoms with Crippen LogP contribution in [0.5, 0.6) is 0 Å². The molecule has 0 spiro atoms. The third kappa shape index (κ3) is 0.900. The van der Waals surface area contributed by atoms with Gasteiger partial charge >= 0.3 is 0 Å². The van der Waals surface area contributed by atoms with Crippen LogP contribution < -0.4 is 0 Å². The second-order valence-corrected chi connectivity index (χ2v) is 5.65. The molecule has 0 amide bonds. The quantitative estimate of drug-likeness (QED) is 0.557. The van der Waals surface area contributed by atoms with Gasteiger partial charge < -0.3 is 0 Å². The van der Waals surface area contributed by atoms with Crippen molar-refractivity contribution in [3.05, 3.63) is 0 Å². The maximum Gasteiger partial charge on any atom is -0.0295 e. The molecule has 0 heterocycles. The van der Waals surface area contributed by atoms with Gasteiger partial charge in [-0.25, -0.2) is 0 Å². The van der Waals surface area contributed by atoms with Gasteiger partial charge in [-0.05, 0) is 41.9 Å². The lowest BCUT2D eigenvalue weighted by molar-refractivity contribution is -0.131. The van der Waals surface area contributed by atoms with Crippen LogP contribution >= 0.6 is 0 Å². The van der Waals surface area contributed by atoms with Crippen LogP contribution in [0.4, 0.5) is 0 Å². The van der Waals surface area contributed by atoms with Gasteiger partial charge in [-0.15, -0.1) is 0 Å². The highest BCUT2D eigenvalue weighted by molar-refractivity contribution is 5.04. The molecule has 0 nitrogen and oxygen atoms in total. The molecule has 70 valence electrons. The normalized spacial score (nSPS) is 50.0. The van der Waals surface area contributed by atoms with E-state index in [0.29, 0.717) is 5.41 Å². The molecule has 3 aliphatic carbocycles. The molecule has 12 heavy (non-hydrogen) atoms. The molecule has 0 aromatic rings. The molecule has 0 aromatic carbocycles. The first-order valence-electron chi connectivity index (χ1n) is 5.57. The SMILES string of the molecule is CC[C@@H]1[C@H](C)C[C@@H]2C[C@H]1C2(C)C. The summed E-state index contributed by atoms with van der Waals surface area (Å²) in [6.07, 6.45) is 4.44. The van der Waals surface area contributed by atoms with Crippen LogP contribution in [0.2, 0.25) is 0 Å². The van der Waals surface area contributed by atoms with Crippen molar-refractivity contribution in [3.63, 3.8) is 0 Å². The molecule has 3 aliphatic rings. The van der Waals surface area contributed by atoms with Crippen molar-refractivity contribution in [2.75, 3.05) is 0 Å². The molecule has 0 saturated heterocycles. The Bertz CT molecular complexity index is 180. The summed E-state index contributed by atoms with van der Waals surface area (Å²) in [7, 11) is 0. The Morgan fingerprint density at radius 1 is 1.25 bits per heavy atom. The van der Waals surface area contributed by atoms with E-state index in [1.165, 1.54) is 19.3 Å². The Kier molecular flexibility index (Phi) is 1.79. The molecular weight excluding hydrogens is 144 g/mol. The van der Waals surface area contributed by atoms with Crippen molar-refractivity contribution in [2.24, 2.45) is 29.1 Å². The maximum absolute atomic E-state index is 2.49. The van der Waals surface area contributed by atoms with Crippen molar-refractivity contribution in [1.82, 2.24) is 0 Å². The summed E-state index contributed by atoms with van der Waals surface area (Å²) in [6, 6.07) is 0. The van der Waals surface area contributed by atoms with E-state index in [0.717, 1.165) is 23.7 Å². The molecule has 3 fully saturated rings. The molecule has 4 atom stereocenters. The van der Waals surface area contributed by atoms with Crippen LogP contribution in [-0.4, -0.2) is 0 Å². The molecular formula is C12H22. The number of hydrogen-bond acceptors (Lipinski definition) is 0. The van der Waals surface area contributed by atoms with Crippen LogP contribution in [0.1, 0.15) is 47.0 Å². The Hall–Kier alpha value is 0. The van der Waals surface area contributed by atoms with E-state index in [9.17, 15) is 0 Å². The minimum Gasteiger partial charge on any atom is -0.0651 e. The zero-order valence-electron chi connectivity index (χ0n) is 8.93. The molecule has 0 radical (unpaired) electrons. The monoisotopic (exact) mass is 166 g/mol. The number of fused-ring (bicyclic) bond motifs is 2. The van der Waals surface area contributed by atoms with Crippen LogP contribution in [0, 0.1) is 29.1 Å². The predicted molar refractivity (Wildman–Crippen MR) is 52.9 cm³/mol. The van der Waals surface area contributed by atoms with Crippen LogP contribution in [-0.2, 0) is 0 Å². The standard InChI is InChI=1S/C12H22/c1-5-10-8(2)6-9-7-11(10)12(9,3)4/h8-11H,5-7H2,1-4H3/t8-,9-,10-,11-/m1/s1. The van der Waals surface area contributed by atoms with E-state index in [2.05, 4.69) is 27.7 Å². The smallest absolute Gasteiger partial charge is 0.0295 e. The largest absolute Gasteiger partial charge is 0.0651 e. The topological polar surface area (TPSA) is 0 Å². The molecule has 0 unspecified atom stereocenters. The Labute approximate surface area is 76.7 Å². The van der Waals surface area contributed by atoms with E-state index in [-0.39, 0.29) is 0 Å². The van der Waals surface area contributed by atoms with Gasteiger partial charge in [0.2, 0.25) is 0 Å². The number of hydrogen-bond donors (Lipinski definition) is 0. The second-order valence-electron chi connectivity index (χ2n) is 5.65. The van der Waals surface area contributed by atoms with Gasteiger partial charge in [0, 0.05) is 0 Å². The lowest BCUT2D eigenvalue weighted by Gasteiger charge is -2.62. The highest BCUT2D eigenvalue weighted by Gasteiger charge is 2.55. The first kappa shape index (κ1) is 8.59. The minimum atomic E-state index is 0.688. The first-order valence-corrected chi connectivity index (χ1v) is 5.57. The highest BCUT2D eigenvalue weighted by atomic mass is 14.6. The second kappa shape index (κ2) is 2.49. The fraction of sp³-hybridized carbons (Fsp3) is 1.00. The van der Waals surface area contributed by atoms with E-state index in [1.54, 1.807) is 0 Å². The van der Waals surface area contributed by atoms with E-state index in [1.807, 2.05) is 0 Å². The summed E-state index contributed by atoms with van der Waals surface area (Å²) < 4.78 is 0. The fourth-order valence-electron chi connectivity index (χ4n) is 3.89. The molecule has 3 rings (SSSR count). The maximum atomic E-state index is 2.49. The van der Waals surface area contributed by atoms with Crippen LogP contribution in [0.15, 0.2) is 0 Å². The minimum absolute atomic E-state index is 0.688. The third-order valence-corrected chi connectivity index (χ3v) is 4.92. The lowest BCUT2D eigenvalue weighted by atomic mass is 9.43. The molecule has 0 heteroatoms. The van der Waals surface area contributed by atoms with Crippen LogP contribution in [0.25, 0.3) is 0 Å². The summed E-state index contributed by atoms with van der Waals surface area (Å²) in [5, 5.41) is 0. The van der Waals surface area contributed by atoms with Gasteiger partial charge in [0.25, 0.3) is 0 Å². The van der Waals surface area contributed by atoms with Gasteiger partial charge in [-0.3, -0.25) is 0 Å². The molecule has 0 aliphatic heterocycles. The Balaban J connectivity index is 2.15. The average molecular weight is 166 g/mol. The molecule has 2 bridgehead atoms. The summed E-state index contributed by atoms with van der Waals surface area (Å²) >= 11 is 0. The Morgan fingerprint density at radius 2 is 1.92 bits per heavy atom. The van der Waals surface area contributed by atoms with E-state index >= 15 is 0 Å². The van der Waals surface area contributed by atoms with Gasteiger partial charge in [-0.1, -0.05) is 34.1 Å². The van der Waals surface area contributed by atoms with Gasteiger partial charge in [-0.2, -0.15) is 0 Å². The van der Waals surface area contributed by atoms with E-state index < -0.39 is 0 Å². The lowest BCUT2D eigenvalue weighted by Crippen LogP contribution is -2.54. The summed E-state index contributed by atoms with van der Waals surface area (Å²) in [5.74, 6) is 4.15. The fourth-order valence-corrected chi connectivity index (χ4v) is 3.89. The van der Waals surface area contributed by atoms with Gasteiger partial charge in [0.1, 0.15) is 0 Å². The van der Waals surface area contributed by atoms with Crippen molar-refractivity contribution in [1.29, 1.82) is 0 Å². The van der Waals surface area contributed by atoms with Crippen LogP contribution in [0.3, 0.4) is 0 Å². The van der Waals surface area contributed by atoms with Crippen molar-refractivity contribution >= 4 is 0 Å². The zero-order valence-corrected chi connectivity index (χ0v) is 8.93. The highest BCUT2D eigenvalue weighted by Crippen LogP contribution is 2.63. The number of rotatable bonds is 1. The molecule has 3 saturated carbocycles. The van der Waals surface area contributed by atoms with Gasteiger partial charge in [0.05, 0.1) is 0 Å². The van der Waals surface area contributed by atoms with Crippen molar-refractivity contribution in [2.45, 2.75) is 47.0 Å². The zero-order chi connectivity index (χ0) is 8.93. The van der Waals surface area contributed by atoms with Crippen molar-refractivity contribution in [3.8, 4) is 0 Å². The average Bonchev–Trinajstić information content (AvgIpc) is 2.03. The van der Waals surface area contributed by atoms with Crippen molar-refractivity contribution < 1.29 is 0 Å².